The topological polar surface area (TPSA) is 156 Å². The number of hydrogen-bond donors (Lipinski definition) is 6. The molecule has 0 spiro atoms. The van der Waals surface area contributed by atoms with Gasteiger partial charge < -0.3 is 30.9 Å². The van der Waals surface area contributed by atoms with E-state index in [2.05, 4.69) is 30.6 Å². The average Bonchev–Trinajstić information content (AvgIpc) is 3.44. The molecule has 2 fully saturated rings. The van der Waals surface area contributed by atoms with E-state index in [0.29, 0.717) is 45.9 Å². The van der Waals surface area contributed by atoms with Crippen LogP contribution in [0.25, 0.3) is 20.8 Å². The largest absolute Gasteiger partial charge is 0.396 e. The molecule has 2 aliphatic rings. The first-order valence-electron chi connectivity index (χ1n) is 10.8. The Balaban J connectivity index is 1.55. The molecule has 2 aliphatic carbocycles. The second-order valence-electron chi connectivity index (χ2n) is 8.63. The fourth-order valence-electron chi connectivity index (χ4n) is 4.17. The molecule has 4 atom stereocenters. The van der Waals surface area contributed by atoms with Crippen molar-refractivity contribution in [1.29, 1.82) is 0 Å². The number of nitrogens with zero attached hydrogens (tertiary/aromatic N) is 3. The van der Waals surface area contributed by atoms with Gasteiger partial charge in [-0.15, -0.1) is 11.3 Å². The van der Waals surface area contributed by atoms with Crippen molar-refractivity contribution in [1.82, 2.24) is 19.9 Å². The SMILES string of the molecule is Cc1nc(NCC2CC2)nc(NC2CC(CO)C(O)C2O)c1-c1nc2c(=O)[nH]ccc2s1. The predicted octanol–water partition coefficient (Wildman–Crippen LogP) is 1.09. The lowest BCUT2D eigenvalue weighted by Gasteiger charge is -2.21. The monoisotopic (exact) mass is 458 g/mol. The van der Waals surface area contributed by atoms with Crippen LogP contribution in [0.2, 0.25) is 0 Å². The molecule has 11 heteroatoms. The molecule has 0 saturated heterocycles. The summed E-state index contributed by atoms with van der Waals surface area (Å²) in [6.45, 7) is 2.45. The van der Waals surface area contributed by atoms with Crippen molar-refractivity contribution in [2.24, 2.45) is 11.8 Å². The number of aromatic nitrogens is 4. The highest BCUT2D eigenvalue weighted by Gasteiger charge is 2.41. The van der Waals surface area contributed by atoms with Crippen LogP contribution in [-0.4, -0.2) is 66.7 Å². The van der Waals surface area contributed by atoms with Crippen LogP contribution in [0.3, 0.4) is 0 Å². The summed E-state index contributed by atoms with van der Waals surface area (Å²) in [7, 11) is 0. The van der Waals surface area contributed by atoms with Crippen molar-refractivity contribution < 1.29 is 15.3 Å². The fraction of sp³-hybridized carbons (Fsp3) is 0.524. The third-order valence-electron chi connectivity index (χ3n) is 6.23. The summed E-state index contributed by atoms with van der Waals surface area (Å²) in [6, 6.07) is 1.31. The van der Waals surface area contributed by atoms with E-state index in [1.807, 2.05) is 6.92 Å². The first kappa shape index (κ1) is 21.3. The Hall–Kier alpha value is -2.60. The van der Waals surface area contributed by atoms with Gasteiger partial charge in [0.15, 0.2) is 0 Å². The van der Waals surface area contributed by atoms with Crippen molar-refractivity contribution in [3.63, 3.8) is 0 Å². The number of pyridine rings is 1. The van der Waals surface area contributed by atoms with Gasteiger partial charge in [0.2, 0.25) is 5.95 Å². The molecule has 0 radical (unpaired) electrons. The maximum absolute atomic E-state index is 12.2. The lowest BCUT2D eigenvalue weighted by molar-refractivity contribution is 0.00446. The van der Waals surface area contributed by atoms with Gasteiger partial charge in [0.05, 0.1) is 28.1 Å². The Labute approximate surface area is 187 Å². The quantitative estimate of drug-likeness (QED) is 0.305. The van der Waals surface area contributed by atoms with E-state index >= 15 is 0 Å². The van der Waals surface area contributed by atoms with Crippen molar-refractivity contribution in [2.45, 2.75) is 44.4 Å². The molecule has 0 aromatic carbocycles. The van der Waals surface area contributed by atoms with Crippen molar-refractivity contribution in [3.05, 3.63) is 28.3 Å². The normalized spacial score (nSPS) is 25.4. The highest BCUT2D eigenvalue weighted by Crippen LogP contribution is 2.37. The van der Waals surface area contributed by atoms with E-state index in [9.17, 15) is 20.1 Å². The van der Waals surface area contributed by atoms with E-state index in [-0.39, 0.29) is 12.2 Å². The molecule has 6 N–H and O–H groups in total. The highest BCUT2D eigenvalue weighted by molar-refractivity contribution is 7.21. The first-order chi connectivity index (χ1) is 15.4. The highest BCUT2D eigenvalue weighted by atomic mass is 32.1. The van der Waals surface area contributed by atoms with Gasteiger partial charge in [0, 0.05) is 25.3 Å². The molecule has 2 saturated carbocycles. The second-order valence-corrected chi connectivity index (χ2v) is 9.66. The number of hydrogen-bond acceptors (Lipinski definition) is 10. The van der Waals surface area contributed by atoms with E-state index in [4.69, 9.17) is 0 Å². The molecular formula is C21H26N6O4S. The standard InChI is InChI=1S/C21H26N6O4S/c1-9-14(20-26-15-13(32-20)4-5-22-19(15)31)18(27-21(24-9)23-7-10-2-3-10)25-12-6-11(8-28)16(29)17(12)30/h4-5,10-12,16-17,28-30H,2-3,6-8H2,1H3,(H,22,31)(H2,23,24,25,27). The van der Waals surface area contributed by atoms with Crippen molar-refractivity contribution in [3.8, 4) is 10.6 Å². The van der Waals surface area contributed by atoms with Gasteiger partial charge in [0.1, 0.15) is 22.4 Å². The number of rotatable bonds is 7. The van der Waals surface area contributed by atoms with Crippen LogP contribution in [0, 0.1) is 18.8 Å². The average molecular weight is 459 g/mol. The molecule has 3 aromatic heterocycles. The lowest BCUT2D eigenvalue weighted by atomic mass is 10.1. The number of H-pyrrole nitrogens is 1. The number of thiazole rings is 1. The van der Waals surface area contributed by atoms with Gasteiger partial charge in [0.25, 0.3) is 5.56 Å². The van der Waals surface area contributed by atoms with Crippen LogP contribution in [0.5, 0.6) is 0 Å². The van der Waals surface area contributed by atoms with Gasteiger partial charge in [-0.2, -0.15) is 4.98 Å². The minimum Gasteiger partial charge on any atom is -0.396 e. The zero-order valence-corrected chi connectivity index (χ0v) is 18.4. The summed E-state index contributed by atoms with van der Waals surface area (Å²) in [6.07, 6.45) is 2.32. The van der Waals surface area contributed by atoms with E-state index in [1.54, 1.807) is 12.3 Å². The number of aryl methyl sites for hydroxylation is 1. The summed E-state index contributed by atoms with van der Waals surface area (Å²) in [4.78, 5) is 28.6. The van der Waals surface area contributed by atoms with E-state index in [1.165, 1.54) is 24.2 Å². The Morgan fingerprint density at radius 1 is 1.22 bits per heavy atom. The maximum atomic E-state index is 12.2. The van der Waals surface area contributed by atoms with Crippen LogP contribution in [0.15, 0.2) is 17.1 Å². The summed E-state index contributed by atoms with van der Waals surface area (Å²) in [5, 5.41) is 37.4. The molecule has 3 aromatic rings. The van der Waals surface area contributed by atoms with Crippen LogP contribution in [-0.2, 0) is 0 Å². The fourth-order valence-corrected chi connectivity index (χ4v) is 5.23. The third kappa shape index (κ3) is 3.96. The number of aromatic amines is 1. The van der Waals surface area contributed by atoms with Gasteiger partial charge in [-0.3, -0.25) is 4.79 Å². The number of anilines is 2. The molecule has 0 bridgehead atoms. The molecular weight excluding hydrogens is 432 g/mol. The molecule has 32 heavy (non-hydrogen) atoms. The molecule has 4 unspecified atom stereocenters. The van der Waals surface area contributed by atoms with Gasteiger partial charge in [-0.1, -0.05) is 0 Å². The van der Waals surface area contributed by atoms with Gasteiger partial charge in [-0.05, 0) is 38.2 Å². The lowest BCUT2D eigenvalue weighted by Crippen LogP contribution is -2.35. The molecule has 0 aliphatic heterocycles. The Bertz CT molecular complexity index is 1190. The number of aliphatic hydroxyl groups excluding tert-OH is 3. The molecule has 3 heterocycles. The second kappa shape index (κ2) is 8.39. The predicted molar refractivity (Wildman–Crippen MR) is 122 cm³/mol. The van der Waals surface area contributed by atoms with Crippen LogP contribution in [0.4, 0.5) is 11.8 Å². The first-order valence-corrected chi connectivity index (χ1v) is 11.6. The van der Waals surface area contributed by atoms with Crippen LogP contribution < -0.4 is 16.2 Å². The van der Waals surface area contributed by atoms with Crippen molar-refractivity contribution in [2.75, 3.05) is 23.8 Å². The van der Waals surface area contributed by atoms with E-state index in [0.717, 1.165) is 11.2 Å². The summed E-state index contributed by atoms with van der Waals surface area (Å²) < 4.78 is 0.752. The van der Waals surface area contributed by atoms with E-state index < -0.39 is 24.2 Å². The molecule has 10 nitrogen and oxygen atoms in total. The number of nitrogens with one attached hydrogen (secondary N) is 3. The summed E-state index contributed by atoms with van der Waals surface area (Å²) >= 11 is 1.37. The minimum atomic E-state index is -1.05. The minimum absolute atomic E-state index is 0.207. The smallest absolute Gasteiger partial charge is 0.275 e. The zero-order valence-electron chi connectivity index (χ0n) is 17.6. The maximum Gasteiger partial charge on any atom is 0.275 e. The van der Waals surface area contributed by atoms with Crippen LogP contribution >= 0.6 is 11.3 Å². The summed E-state index contributed by atoms with van der Waals surface area (Å²) in [5.41, 5.74) is 1.42. The van der Waals surface area contributed by atoms with Gasteiger partial charge in [-0.25, -0.2) is 9.97 Å². The number of aliphatic hydroxyl groups is 3. The third-order valence-corrected chi connectivity index (χ3v) is 7.26. The molecule has 170 valence electrons. The van der Waals surface area contributed by atoms with Gasteiger partial charge >= 0.3 is 0 Å². The number of fused-ring (bicyclic) bond motifs is 1. The zero-order chi connectivity index (χ0) is 22.4. The Morgan fingerprint density at radius 3 is 2.72 bits per heavy atom. The van der Waals surface area contributed by atoms with Crippen molar-refractivity contribution >= 4 is 33.3 Å². The molecule has 0 amide bonds. The molecule has 5 rings (SSSR count). The Morgan fingerprint density at radius 2 is 2.03 bits per heavy atom. The van der Waals surface area contributed by atoms with Crippen LogP contribution in [0.1, 0.15) is 25.0 Å². The Kier molecular flexibility index (Phi) is 5.58. The summed E-state index contributed by atoms with van der Waals surface area (Å²) in [5.74, 6) is 1.18.